The fourth-order valence-electron chi connectivity index (χ4n) is 2.54. The number of ketones is 1. The van der Waals surface area contributed by atoms with E-state index in [1.807, 2.05) is 26.8 Å². The first-order valence-electron chi connectivity index (χ1n) is 7.86. The highest BCUT2D eigenvalue weighted by Gasteiger charge is 2.33. The molecule has 1 aromatic rings. The van der Waals surface area contributed by atoms with E-state index in [1.54, 1.807) is 16.2 Å². The summed E-state index contributed by atoms with van der Waals surface area (Å²) in [5.41, 5.74) is -0.493. The van der Waals surface area contributed by atoms with Crippen LogP contribution in [0.15, 0.2) is 12.1 Å². The Balaban J connectivity index is 1.87. The van der Waals surface area contributed by atoms with Crippen molar-refractivity contribution in [3.05, 3.63) is 21.9 Å². The van der Waals surface area contributed by atoms with Crippen molar-refractivity contribution < 1.29 is 14.3 Å². The summed E-state index contributed by atoms with van der Waals surface area (Å²) >= 11 is 1.71. The zero-order valence-corrected chi connectivity index (χ0v) is 14.7. The minimum absolute atomic E-state index is 0.0558. The summed E-state index contributed by atoms with van der Waals surface area (Å²) in [6, 6.07) is 4.14. The third-order valence-electron chi connectivity index (χ3n) is 3.71. The van der Waals surface area contributed by atoms with Crippen LogP contribution in [-0.2, 0) is 22.4 Å². The maximum atomic E-state index is 12.4. The lowest BCUT2D eigenvalue weighted by atomic mass is 10.0. The zero-order chi connectivity index (χ0) is 16.3. The summed E-state index contributed by atoms with van der Waals surface area (Å²) in [4.78, 5) is 28.5. The molecule has 22 heavy (non-hydrogen) atoms. The molecule has 1 aliphatic rings. The molecule has 1 amide bonds. The summed E-state index contributed by atoms with van der Waals surface area (Å²) in [6.07, 6.45) is 1.92. The first-order valence-corrected chi connectivity index (χ1v) is 8.68. The van der Waals surface area contributed by atoms with Gasteiger partial charge in [-0.2, -0.15) is 0 Å². The Hall–Kier alpha value is -1.36. The number of amides is 1. The highest BCUT2D eigenvalue weighted by Crippen LogP contribution is 2.24. The summed E-state index contributed by atoms with van der Waals surface area (Å²) < 4.78 is 5.36. The quantitative estimate of drug-likeness (QED) is 0.849. The normalized spacial score (nSPS) is 18.5. The minimum Gasteiger partial charge on any atom is -0.444 e. The second-order valence-corrected chi connectivity index (χ2v) is 8.03. The summed E-state index contributed by atoms with van der Waals surface area (Å²) in [6.45, 7) is 8.77. The molecule has 2 heterocycles. The van der Waals surface area contributed by atoms with Crippen LogP contribution in [0.2, 0.25) is 0 Å². The minimum atomic E-state index is -0.493. The third kappa shape index (κ3) is 4.57. The number of likely N-dealkylation sites (tertiary alicyclic amines) is 1. The SMILES string of the molecule is CCc1ccc(CC(=O)C2CCN(C(=O)OC(C)(C)C)C2)s1. The number of hydrogen-bond donors (Lipinski definition) is 0. The number of Topliss-reactive ketones (excluding diaryl/α,β-unsaturated/α-hetero) is 1. The summed E-state index contributed by atoms with van der Waals surface area (Å²) in [5.74, 6) is 0.176. The fourth-order valence-corrected chi connectivity index (χ4v) is 3.51. The van der Waals surface area contributed by atoms with E-state index >= 15 is 0 Å². The van der Waals surface area contributed by atoms with Gasteiger partial charge >= 0.3 is 6.09 Å². The molecule has 0 saturated carbocycles. The van der Waals surface area contributed by atoms with E-state index in [1.165, 1.54) is 4.88 Å². The van der Waals surface area contributed by atoms with Crippen molar-refractivity contribution in [2.45, 2.75) is 52.6 Å². The molecule has 1 unspecified atom stereocenters. The number of hydrogen-bond acceptors (Lipinski definition) is 4. The van der Waals surface area contributed by atoms with Crippen molar-refractivity contribution in [1.82, 2.24) is 4.90 Å². The van der Waals surface area contributed by atoms with E-state index in [9.17, 15) is 9.59 Å². The molecule has 4 nitrogen and oxygen atoms in total. The average Bonchev–Trinajstić information content (AvgIpc) is 3.05. The highest BCUT2D eigenvalue weighted by molar-refractivity contribution is 7.12. The average molecular weight is 323 g/mol. The molecule has 0 N–H and O–H groups in total. The van der Waals surface area contributed by atoms with Crippen LogP contribution in [-0.4, -0.2) is 35.5 Å². The van der Waals surface area contributed by atoms with Gasteiger partial charge in [0.05, 0.1) is 0 Å². The maximum Gasteiger partial charge on any atom is 0.410 e. The predicted octanol–water partition coefficient (Wildman–Crippen LogP) is 3.68. The van der Waals surface area contributed by atoms with Crippen LogP contribution in [0.5, 0.6) is 0 Å². The highest BCUT2D eigenvalue weighted by atomic mass is 32.1. The third-order valence-corrected chi connectivity index (χ3v) is 4.94. The van der Waals surface area contributed by atoms with Crippen LogP contribution in [0.1, 0.15) is 43.9 Å². The standard InChI is InChI=1S/C17H25NO3S/c1-5-13-6-7-14(22-13)10-15(19)12-8-9-18(11-12)16(20)21-17(2,3)4/h6-7,12H,5,8-11H2,1-4H3. The van der Waals surface area contributed by atoms with Crippen LogP contribution < -0.4 is 0 Å². The van der Waals surface area contributed by atoms with Crippen LogP contribution in [0, 0.1) is 5.92 Å². The van der Waals surface area contributed by atoms with Gasteiger partial charge in [-0.25, -0.2) is 4.79 Å². The molecule has 0 aromatic carbocycles. The number of carbonyl (C=O) groups excluding carboxylic acids is 2. The molecule has 1 saturated heterocycles. The van der Waals surface area contributed by atoms with Crippen molar-refractivity contribution in [2.75, 3.05) is 13.1 Å². The van der Waals surface area contributed by atoms with E-state index < -0.39 is 5.60 Å². The van der Waals surface area contributed by atoms with Gasteiger partial charge in [0.2, 0.25) is 0 Å². The maximum absolute atomic E-state index is 12.4. The lowest BCUT2D eigenvalue weighted by Gasteiger charge is -2.24. The van der Waals surface area contributed by atoms with Gasteiger partial charge < -0.3 is 9.64 Å². The van der Waals surface area contributed by atoms with Gasteiger partial charge in [0.25, 0.3) is 0 Å². The van der Waals surface area contributed by atoms with E-state index in [-0.39, 0.29) is 17.8 Å². The molecule has 2 rings (SSSR count). The van der Waals surface area contributed by atoms with E-state index in [0.717, 1.165) is 17.7 Å². The van der Waals surface area contributed by atoms with E-state index in [4.69, 9.17) is 4.74 Å². The van der Waals surface area contributed by atoms with Crippen LogP contribution in [0.3, 0.4) is 0 Å². The van der Waals surface area contributed by atoms with Gasteiger partial charge in [-0.05, 0) is 45.7 Å². The number of thiophene rings is 1. The molecule has 0 radical (unpaired) electrons. The Kier molecular flexibility index (Phi) is 5.27. The molecule has 0 spiro atoms. The molecule has 0 bridgehead atoms. The van der Waals surface area contributed by atoms with Crippen molar-refractivity contribution >= 4 is 23.2 Å². The topological polar surface area (TPSA) is 46.6 Å². The number of rotatable bonds is 4. The second-order valence-electron chi connectivity index (χ2n) is 6.78. The van der Waals surface area contributed by atoms with Crippen molar-refractivity contribution in [3.63, 3.8) is 0 Å². The molecular weight excluding hydrogens is 298 g/mol. The van der Waals surface area contributed by atoms with Crippen LogP contribution in [0.4, 0.5) is 4.79 Å². The number of carbonyl (C=O) groups is 2. The number of aryl methyl sites for hydroxylation is 1. The number of ether oxygens (including phenoxy) is 1. The van der Waals surface area contributed by atoms with Gasteiger partial charge in [-0.15, -0.1) is 11.3 Å². The van der Waals surface area contributed by atoms with E-state index in [2.05, 4.69) is 13.0 Å². The van der Waals surface area contributed by atoms with Gasteiger partial charge in [0.1, 0.15) is 11.4 Å². The molecular formula is C17H25NO3S. The van der Waals surface area contributed by atoms with Crippen molar-refractivity contribution in [1.29, 1.82) is 0 Å². The Morgan fingerprint density at radius 1 is 1.32 bits per heavy atom. The Morgan fingerprint density at radius 3 is 2.59 bits per heavy atom. The molecule has 1 fully saturated rings. The number of nitrogens with zero attached hydrogens (tertiary/aromatic N) is 1. The van der Waals surface area contributed by atoms with E-state index in [0.29, 0.717) is 19.5 Å². The molecule has 1 atom stereocenters. The molecule has 0 aliphatic carbocycles. The zero-order valence-electron chi connectivity index (χ0n) is 13.8. The van der Waals surface area contributed by atoms with Gasteiger partial charge in [-0.3, -0.25) is 4.79 Å². The lowest BCUT2D eigenvalue weighted by molar-refractivity contribution is -0.121. The lowest BCUT2D eigenvalue weighted by Crippen LogP contribution is -2.36. The second kappa shape index (κ2) is 6.82. The largest absolute Gasteiger partial charge is 0.444 e. The summed E-state index contributed by atoms with van der Waals surface area (Å²) in [7, 11) is 0. The molecule has 1 aromatic heterocycles. The molecule has 5 heteroatoms. The van der Waals surface area contributed by atoms with Gasteiger partial charge in [-0.1, -0.05) is 6.92 Å². The Bertz CT molecular complexity index is 544. The van der Waals surface area contributed by atoms with Gasteiger partial charge in [0.15, 0.2) is 0 Å². The summed E-state index contributed by atoms with van der Waals surface area (Å²) in [5, 5.41) is 0. The van der Waals surface area contributed by atoms with Crippen molar-refractivity contribution in [2.24, 2.45) is 5.92 Å². The first kappa shape index (κ1) is 17.0. The Labute approximate surface area is 136 Å². The predicted molar refractivity (Wildman–Crippen MR) is 88.3 cm³/mol. The van der Waals surface area contributed by atoms with Gasteiger partial charge in [0, 0.05) is 35.2 Å². The molecule has 122 valence electrons. The van der Waals surface area contributed by atoms with Crippen LogP contribution >= 0.6 is 11.3 Å². The fraction of sp³-hybridized carbons (Fsp3) is 0.647. The first-order chi connectivity index (χ1) is 10.3. The Morgan fingerprint density at radius 2 is 2.00 bits per heavy atom. The monoisotopic (exact) mass is 323 g/mol. The molecule has 1 aliphatic heterocycles. The van der Waals surface area contributed by atoms with Crippen LogP contribution in [0.25, 0.3) is 0 Å². The van der Waals surface area contributed by atoms with Crippen molar-refractivity contribution in [3.8, 4) is 0 Å². The smallest absolute Gasteiger partial charge is 0.410 e.